The van der Waals surface area contributed by atoms with Crippen molar-refractivity contribution in [3.63, 3.8) is 0 Å². The Morgan fingerprint density at radius 3 is 2.07 bits per heavy atom. The summed E-state index contributed by atoms with van der Waals surface area (Å²) in [6.07, 6.45) is 0. The Kier molecular flexibility index (Phi) is 6.03. The molecule has 7 nitrogen and oxygen atoms in total. The molecule has 0 fully saturated rings. The van der Waals surface area contributed by atoms with Crippen LogP contribution in [0.25, 0.3) is 5.57 Å². The zero-order valence-electron chi connectivity index (χ0n) is 15.6. The molecule has 0 radical (unpaired) electrons. The van der Waals surface area contributed by atoms with Crippen molar-refractivity contribution in [3.05, 3.63) is 83.4 Å². The normalized spacial score (nSPS) is 11.4. The third-order valence-electron chi connectivity index (χ3n) is 3.87. The number of halogens is 1. The third-order valence-corrected chi connectivity index (χ3v) is 3.87. The first-order valence-electron chi connectivity index (χ1n) is 8.45. The van der Waals surface area contributed by atoms with Gasteiger partial charge in [0.2, 0.25) is 17.5 Å². The molecule has 0 saturated carbocycles. The highest BCUT2D eigenvalue weighted by atomic mass is 19.1. The highest BCUT2D eigenvalue weighted by Crippen LogP contribution is 2.29. The van der Waals surface area contributed by atoms with Crippen LogP contribution in [0.4, 0.5) is 4.39 Å². The second kappa shape index (κ2) is 8.83. The molecule has 0 atom stereocenters. The molecule has 0 aliphatic heterocycles. The first kappa shape index (κ1) is 19.8. The van der Waals surface area contributed by atoms with Gasteiger partial charge in [-0.2, -0.15) is 9.97 Å². The van der Waals surface area contributed by atoms with Crippen LogP contribution < -0.4 is 14.2 Å². The van der Waals surface area contributed by atoms with Crippen LogP contribution in [0.15, 0.2) is 66.4 Å². The molecule has 3 aromatic rings. The molecule has 0 amide bonds. The first-order chi connectivity index (χ1) is 14.0. The zero-order valence-corrected chi connectivity index (χ0v) is 15.6. The first-order valence-corrected chi connectivity index (χ1v) is 8.45. The maximum absolute atomic E-state index is 13.9. The van der Waals surface area contributed by atoms with E-state index in [0.29, 0.717) is 11.1 Å². The lowest BCUT2D eigenvalue weighted by molar-refractivity contribution is -0.135. The molecule has 1 heterocycles. The van der Waals surface area contributed by atoms with E-state index in [9.17, 15) is 14.3 Å². The summed E-state index contributed by atoms with van der Waals surface area (Å²) in [4.78, 5) is 20.1. The SMILES string of the molecule is COc1cc(OC)nc(O/C(C(=O)O)=C(\c2ccccc2)c2cccc(F)c2)n1. The van der Waals surface area contributed by atoms with Crippen molar-refractivity contribution < 1.29 is 28.5 Å². The topological polar surface area (TPSA) is 90.8 Å². The maximum Gasteiger partial charge on any atom is 0.372 e. The van der Waals surface area contributed by atoms with Gasteiger partial charge in [-0.1, -0.05) is 42.5 Å². The highest BCUT2D eigenvalue weighted by Gasteiger charge is 2.23. The smallest absolute Gasteiger partial charge is 0.372 e. The van der Waals surface area contributed by atoms with Crippen molar-refractivity contribution in [2.75, 3.05) is 14.2 Å². The van der Waals surface area contributed by atoms with E-state index in [-0.39, 0.29) is 23.3 Å². The number of carbonyl (C=O) groups is 1. The predicted molar refractivity (Wildman–Crippen MR) is 102 cm³/mol. The van der Waals surface area contributed by atoms with Crippen LogP contribution >= 0.6 is 0 Å². The molecule has 1 aromatic heterocycles. The molecular weight excluding hydrogens is 379 g/mol. The number of methoxy groups -OCH3 is 2. The molecule has 0 aliphatic rings. The highest BCUT2D eigenvalue weighted by molar-refractivity contribution is 5.99. The van der Waals surface area contributed by atoms with Gasteiger partial charge in [0.25, 0.3) is 0 Å². The summed E-state index contributed by atoms with van der Waals surface area (Å²) in [5.74, 6) is -2.11. The molecule has 29 heavy (non-hydrogen) atoms. The van der Waals surface area contributed by atoms with Gasteiger partial charge in [0.05, 0.1) is 20.3 Å². The Morgan fingerprint density at radius 2 is 1.52 bits per heavy atom. The minimum absolute atomic E-state index is 0.128. The van der Waals surface area contributed by atoms with Gasteiger partial charge in [-0.15, -0.1) is 0 Å². The van der Waals surface area contributed by atoms with Crippen LogP contribution in [0, 0.1) is 5.82 Å². The lowest BCUT2D eigenvalue weighted by Crippen LogP contribution is -2.13. The monoisotopic (exact) mass is 396 g/mol. The van der Waals surface area contributed by atoms with E-state index in [1.165, 1.54) is 38.5 Å². The van der Waals surface area contributed by atoms with E-state index < -0.39 is 17.5 Å². The molecule has 0 spiro atoms. The summed E-state index contributed by atoms with van der Waals surface area (Å²) in [5.41, 5.74) is 1.01. The van der Waals surface area contributed by atoms with E-state index in [1.807, 2.05) is 0 Å². The second-order valence-electron chi connectivity index (χ2n) is 5.72. The molecule has 8 heteroatoms. The van der Waals surface area contributed by atoms with Gasteiger partial charge in [0.1, 0.15) is 5.82 Å². The van der Waals surface area contributed by atoms with Gasteiger partial charge in [-0.3, -0.25) is 0 Å². The summed E-state index contributed by atoms with van der Waals surface area (Å²) in [6, 6.07) is 15.3. The molecular formula is C21H17FN2O5. The number of aromatic nitrogens is 2. The third kappa shape index (κ3) is 4.67. The number of nitrogens with zero attached hydrogens (tertiary/aromatic N) is 2. The molecule has 2 aromatic carbocycles. The summed E-state index contributed by atoms with van der Waals surface area (Å²) in [5, 5.41) is 9.86. The van der Waals surface area contributed by atoms with Crippen molar-refractivity contribution >= 4 is 11.5 Å². The molecule has 148 valence electrons. The summed E-state index contributed by atoms with van der Waals surface area (Å²) < 4.78 is 29.5. The number of aliphatic carboxylic acids is 1. The number of hydrogen-bond donors (Lipinski definition) is 1. The lowest BCUT2D eigenvalue weighted by Gasteiger charge is -2.14. The quantitative estimate of drug-likeness (QED) is 0.482. The van der Waals surface area contributed by atoms with Gasteiger partial charge in [0.15, 0.2) is 0 Å². The number of benzene rings is 2. The standard InChI is InChI=1S/C21H17FN2O5/c1-27-16-12-17(28-2)24-21(23-16)29-19(20(25)26)18(13-7-4-3-5-8-13)14-9-6-10-15(22)11-14/h3-12H,1-2H3,(H,25,26)/b19-18+. The summed E-state index contributed by atoms with van der Waals surface area (Å²) in [7, 11) is 2.78. The van der Waals surface area contributed by atoms with Crippen molar-refractivity contribution in [1.29, 1.82) is 0 Å². The summed E-state index contributed by atoms with van der Waals surface area (Å²) >= 11 is 0. The Morgan fingerprint density at radius 1 is 0.897 bits per heavy atom. The maximum atomic E-state index is 13.9. The van der Waals surface area contributed by atoms with Crippen molar-refractivity contribution in [3.8, 4) is 17.8 Å². The van der Waals surface area contributed by atoms with Crippen LogP contribution in [-0.4, -0.2) is 35.3 Å². The minimum atomic E-state index is -1.38. The van der Waals surface area contributed by atoms with E-state index in [1.54, 1.807) is 36.4 Å². The fourth-order valence-electron chi connectivity index (χ4n) is 2.61. The van der Waals surface area contributed by atoms with Crippen LogP contribution in [0.3, 0.4) is 0 Å². The Labute approximate surface area is 166 Å². The Bertz CT molecular complexity index is 1030. The number of ether oxygens (including phenoxy) is 3. The van der Waals surface area contributed by atoms with E-state index >= 15 is 0 Å². The van der Waals surface area contributed by atoms with Gasteiger partial charge in [-0.05, 0) is 23.3 Å². The van der Waals surface area contributed by atoms with E-state index in [4.69, 9.17) is 14.2 Å². The number of rotatable bonds is 7. The fourth-order valence-corrected chi connectivity index (χ4v) is 2.61. The number of carboxylic acid groups (broad SMARTS) is 1. The summed E-state index contributed by atoms with van der Waals surface area (Å²) in [6.45, 7) is 0. The molecule has 0 bridgehead atoms. The molecule has 0 aliphatic carbocycles. The Hall–Kier alpha value is -3.94. The number of carboxylic acids is 1. The van der Waals surface area contributed by atoms with Crippen LogP contribution in [0.2, 0.25) is 0 Å². The zero-order chi connectivity index (χ0) is 20.8. The fraction of sp³-hybridized carbons (Fsp3) is 0.0952. The lowest BCUT2D eigenvalue weighted by atomic mass is 9.96. The average molecular weight is 396 g/mol. The van der Waals surface area contributed by atoms with Gasteiger partial charge in [0, 0.05) is 5.57 Å². The number of hydrogen-bond acceptors (Lipinski definition) is 6. The molecule has 0 unspecified atom stereocenters. The van der Waals surface area contributed by atoms with Crippen molar-refractivity contribution in [1.82, 2.24) is 9.97 Å². The van der Waals surface area contributed by atoms with Crippen molar-refractivity contribution in [2.24, 2.45) is 0 Å². The molecule has 3 rings (SSSR count). The Balaban J connectivity index is 2.21. The van der Waals surface area contributed by atoms with Crippen molar-refractivity contribution in [2.45, 2.75) is 0 Å². The van der Waals surface area contributed by atoms with Gasteiger partial charge >= 0.3 is 12.0 Å². The van der Waals surface area contributed by atoms with Gasteiger partial charge in [-0.25, -0.2) is 9.18 Å². The second-order valence-corrected chi connectivity index (χ2v) is 5.72. The van der Waals surface area contributed by atoms with Crippen LogP contribution in [-0.2, 0) is 4.79 Å². The largest absolute Gasteiger partial charge is 0.481 e. The van der Waals surface area contributed by atoms with Crippen LogP contribution in [0.1, 0.15) is 11.1 Å². The average Bonchev–Trinajstić information content (AvgIpc) is 2.73. The predicted octanol–water partition coefficient (Wildman–Crippen LogP) is 3.56. The van der Waals surface area contributed by atoms with Crippen LogP contribution in [0.5, 0.6) is 17.8 Å². The molecule has 1 N–H and O–H groups in total. The molecule has 0 saturated heterocycles. The minimum Gasteiger partial charge on any atom is -0.481 e. The van der Waals surface area contributed by atoms with E-state index in [0.717, 1.165) is 0 Å². The van der Waals surface area contributed by atoms with Gasteiger partial charge < -0.3 is 19.3 Å². The van der Waals surface area contributed by atoms with E-state index in [2.05, 4.69) is 9.97 Å².